The van der Waals surface area contributed by atoms with Gasteiger partial charge in [-0.2, -0.15) is 36.5 Å². The van der Waals surface area contributed by atoms with E-state index in [1.807, 2.05) is 0 Å². The maximum Gasteiger partial charge on any atom is 0.416 e. The van der Waals surface area contributed by atoms with Crippen molar-refractivity contribution < 1.29 is 50.5 Å². The fourth-order valence-electron chi connectivity index (χ4n) is 9.00. The molecule has 10 aromatic rings. The average molecular weight is 1060 g/mol. The Morgan fingerprint density at radius 2 is 1.04 bits per heavy atom. The standard InChI is InChI=1S/C26H21F3N6O3.C22H14F3N5O3.C4H9NO/c1-33-23-19(14-30-33)22-20(21(31-23)15-4-2-6-17(12-15)26(27,28)29)25(37)35(32-22)18-7-3-5-16(13-18)24(36)34-8-10-38-11-9-34;1-29-19-15(10-26-29)18-16(17(27-19)11-4-2-6-13(8-11)22(23,24)25)20(31)30(28-18)14-7-3-5-12(9-14)21(32)33;1-3-6-4-2-5-1/h2-7,12-14,32H,8-11H2,1H3;2-10,28H,1H3,(H,32,33);5H,1-4H2. The number of hydrogen-bond acceptors (Lipinski definition) is 11. The highest BCUT2D eigenvalue weighted by atomic mass is 19.4. The number of benzene rings is 4. The zero-order valence-electron chi connectivity index (χ0n) is 40.7. The number of aromatic amines is 2. The number of carbonyl (C=O) groups excluding carboxylic acids is 1. The van der Waals surface area contributed by atoms with Crippen LogP contribution in [-0.2, 0) is 35.9 Å². The number of ether oxygens (including phenoxy) is 2. The molecule has 0 radical (unpaired) electrons. The third-order valence-electron chi connectivity index (χ3n) is 12.8. The van der Waals surface area contributed by atoms with Crippen molar-refractivity contribution in [1.82, 2.24) is 59.3 Å². The number of aromatic nitrogens is 10. The third-order valence-corrected chi connectivity index (χ3v) is 12.8. The highest BCUT2D eigenvalue weighted by molar-refractivity contribution is 6.09. The van der Waals surface area contributed by atoms with Crippen molar-refractivity contribution in [3.8, 4) is 33.9 Å². The number of nitrogens with one attached hydrogen (secondary N) is 3. The van der Waals surface area contributed by atoms with Gasteiger partial charge in [0, 0.05) is 57.0 Å². The topological polar surface area (TPSA) is 225 Å². The first kappa shape index (κ1) is 51.5. The van der Waals surface area contributed by atoms with E-state index in [0.717, 1.165) is 55.3 Å². The van der Waals surface area contributed by atoms with Crippen LogP contribution >= 0.6 is 0 Å². The summed E-state index contributed by atoms with van der Waals surface area (Å²) in [5.41, 5.74) is 0.0928. The molecular weight excluding hydrogens is 1020 g/mol. The summed E-state index contributed by atoms with van der Waals surface area (Å²) in [7, 11) is 3.29. The number of carboxylic acids is 1. The first-order chi connectivity index (χ1) is 36.9. The average Bonchev–Trinajstić information content (AvgIpc) is 4.39. The molecule has 1 amide bonds. The SMILES string of the molecule is C1COCCN1.Cn1ncc2c3[nH]n(-c4cccc(C(=O)N5CCOCC5)c4)c(=O)c3c(-c3cccc(C(F)(F)F)c3)nc21.Cn1ncc2c3[nH]n(-c4cccc(C(=O)O)c4)c(=O)c3c(-c3cccc(C(F)(F)F)c3)nc21. The van der Waals surface area contributed by atoms with Gasteiger partial charge >= 0.3 is 18.3 Å². The van der Waals surface area contributed by atoms with Crippen molar-refractivity contribution >= 4 is 55.7 Å². The Morgan fingerprint density at radius 1 is 0.597 bits per heavy atom. The van der Waals surface area contributed by atoms with E-state index >= 15 is 0 Å². The van der Waals surface area contributed by atoms with Gasteiger partial charge in [0.1, 0.15) is 0 Å². The number of hydrogen-bond donors (Lipinski definition) is 4. The van der Waals surface area contributed by atoms with Crippen LogP contribution in [0.5, 0.6) is 0 Å². The summed E-state index contributed by atoms with van der Waals surface area (Å²) in [4.78, 5) is 62.3. The molecule has 19 nitrogen and oxygen atoms in total. The number of halogens is 6. The van der Waals surface area contributed by atoms with E-state index in [-0.39, 0.29) is 50.4 Å². The fourth-order valence-corrected chi connectivity index (χ4v) is 9.00. The Hall–Kier alpha value is -8.94. The smallest absolute Gasteiger partial charge is 0.416 e. The second kappa shape index (κ2) is 20.6. The fraction of sp³-hybridized carbons (Fsp3) is 0.231. The van der Waals surface area contributed by atoms with Gasteiger partial charge in [-0.05, 0) is 60.7 Å². The molecule has 12 rings (SSSR count). The van der Waals surface area contributed by atoms with Crippen LogP contribution in [-0.4, -0.2) is 124 Å². The number of fused-ring (bicyclic) bond motifs is 6. The van der Waals surface area contributed by atoms with Gasteiger partial charge < -0.3 is 24.8 Å². The predicted molar refractivity (Wildman–Crippen MR) is 270 cm³/mol. The van der Waals surface area contributed by atoms with Gasteiger partial charge in [-0.25, -0.2) is 24.1 Å². The molecule has 396 valence electrons. The summed E-state index contributed by atoms with van der Waals surface area (Å²) in [6.07, 6.45) is -6.09. The van der Waals surface area contributed by atoms with Crippen LogP contribution in [0.2, 0.25) is 0 Å². The lowest BCUT2D eigenvalue weighted by Gasteiger charge is -2.27. The molecule has 2 saturated heterocycles. The maximum atomic E-state index is 13.8. The number of pyridine rings is 2. The minimum atomic E-state index is -4.57. The van der Waals surface area contributed by atoms with Crippen molar-refractivity contribution in [3.05, 3.63) is 152 Å². The second-order valence-corrected chi connectivity index (χ2v) is 17.8. The largest absolute Gasteiger partial charge is 0.478 e. The highest BCUT2D eigenvalue weighted by Gasteiger charge is 2.33. The van der Waals surface area contributed by atoms with Crippen molar-refractivity contribution in [3.63, 3.8) is 0 Å². The molecule has 0 bridgehead atoms. The van der Waals surface area contributed by atoms with E-state index in [9.17, 15) is 50.6 Å². The van der Waals surface area contributed by atoms with Crippen molar-refractivity contribution in [1.29, 1.82) is 0 Å². The molecule has 2 aliphatic heterocycles. The van der Waals surface area contributed by atoms with E-state index in [2.05, 4.69) is 35.7 Å². The Bertz CT molecular complexity index is 4000. The van der Waals surface area contributed by atoms with Gasteiger partial charge in [-0.1, -0.05) is 36.4 Å². The Morgan fingerprint density at radius 3 is 1.47 bits per heavy atom. The number of carboxylic acid groups (broad SMARTS) is 1. The van der Waals surface area contributed by atoms with Crippen LogP contribution in [0.4, 0.5) is 26.3 Å². The number of alkyl halides is 6. The van der Waals surface area contributed by atoms with E-state index in [1.165, 1.54) is 62.7 Å². The number of aromatic carboxylic acids is 1. The first-order valence-corrected chi connectivity index (χ1v) is 23.7. The predicted octanol–water partition coefficient (Wildman–Crippen LogP) is 7.35. The maximum absolute atomic E-state index is 13.8. The number of aryl methyl sites for hydroxylation is 2. The molecule has 2 aliphatic rings. The van der Waals surface area contributed by atoms with Crippen molar-refractivity contribution in [2.75, 3.05) is 52.6 Å². The lowest BCUT2D eigenvalue weighted by molar-refractivity contribution is -0.138. The lowest BCUT2D eigenvalue weighted by atomic mass is 10.0. The van der Waals surface area contributed by atoms with Crippen LogP contribution in [0.25, 0.3) is 77.8 Å². The van der Waals surface area contributed by atoms with E-state index < -0.39 is 40.6 Å². The second-order valence-electron chi connectivity index (χ2n) is 17.8. The van der Waals surface area contributed by atoms with Crippen LogP contribution in [0.3, 0.4) is 0 Å². The molecule has 0 atom stereocenters. The first-order valence-electron chi connectivity index (χ1n) is 23.7. The molecule has 2 fully saturated rings. The Kier molecular flexibility index (Phi) is 13.8. The molecule has 77 heavy (non-hydrogen) atoms. The van der Waals surface area contributed by atoms with E-state index in [1.54, 1.807) is 55.5 Å². The van der Waals surface area contributed by atoms with Crippen LogP contribution in [0, 0.1) is 0 Å². The molecule has 0 saturated carbocycles. The van der Waals surface area contributed by atoms with E-state index in [0.29, 0.717) is 70.7 Å². The Labute approximate surface area is 429 Å². The summed E-state index contributed by atoms with van der Waals surface area (Å²) < 4.78 is 96.0. The molecule has 25 heteroatoms. The third kappa shape index (κ3) is 10.2. The number of morpholine rings is 2. The number of carbonyl (C=O) groups is 2. The summed E-state index contributed by atoms with van der Waals surface area (Å²) in [6.45, 7) is 5.69. The number of amides is 1. The van der Waals surface area contributed by atoms with Crippen LogP contribution < -0.4 is 16.4 Å². The minimum Gasteiger partial charge on any atom is -0.478 e. The van der Waals surface area contributed by atoms with Crippen molar-refractivity contribution in [2.45, 2.75) is 12.4 Å². The molecule has 0 spiro atoms. The highest BCUT2D eigenvalue weighted by Crippen LogP contribution is 2.37. The number of H-pyrrole nitrogens is 2. The van der Waals surface area contributed by atoms with Gasteiger partial charge in [0.25, 0.3) is 17.0 Å². The quantitative estimate of drug-likeness (QED) is 0.120. The van der Waals surface area contributed by atoms with E-state index in [4.69, 9.17) is 9.47 Å². The molecule has 6 aromatic heterocycles. The van der Waals surface area contributed by atoms with Gasteiger partial charge in [-0.15, -0.1) is 0 Å². The minimum absolute atomic E-state index is 0.0270. The summed E-state index contributed by atoms with van der Waals surface area (Å²) >= 11 is 0. The molecule has 4 N–H and O–H groups in total. The summed E-state index contributed by atoms with van der Waals surface area (Å²) in [5, 5.41) is 28.1. The zero-order chi connectivity index (χ0) is 54.3. The normalized spacial score (nSPS) is 14.2. The summed E-state index contributed by atoms with van der Waals surface area (Å²) in [5.74, 6) is -1.35. The van der Waals surface area contributed by atoms with Gasteiger partial charge in [0.2, 0.25) is 0 Å². The Balaban J connectivity index is 0.000000159. The molecular formula is C52H44F6N12O7. The van der Waals surface area contributed by atoms with Gasteiger partial charge in [-0.3, -0.25) is 33.9 Å². The molecule has 8 heterocycles. The van der Waals surface area contributed by atoms with Gasteiger partial charge in [0.05, 0.1) is 111 Å². The van der Waals surface area contributed by atoms with Crippen molar-refractivity contribution in [2.24, 2.45) is 14.1 Å². The van der Waals surface area contributed by atoms with Crippen LogP contribution in [0.15, 0.2) is 119 Å². The lowest BCUT2D eigenvalue weighted by Crippen LogP contribution is -2.40. The van der Waals surface area contributed by atoms with Gasteiger partial charge in [0.15, 0.2) is 11.3 Å². The zero-order valence-corrected chi connectivity index (χ0v) is 40.7. The molecule has 4 aromatic carbocycles. The molecule has 0 aliphatic carbocycles. The summed E-state index contributed by atoms with van der Waals surface area (Å²) in [6, 6.07) is 21.6. The van der Waals surface area contributed by atoms with Crippen LogP contribution in [0.1, 0.15) is 31.8 Å². The molecule has 0 unspecified atom stereocenters. The number of nitrogens with zero attached hydrogens (tertiary/aromatic N) is 9. The number of rotatable bonds is 6. The monoisotopic (exact) mass is 1060 g/mol.